The van der Waals surface area contributed by atoms with Crippen LogP contribution < -0.4 is 0 Å². The first-order chi connectivity index (χ1) is 13.8. The summed E-state index contributed by atoms with van der Waals surface area (Å²) in [6, 6.07) is 12.1. The van der Waals surface area contributed by atoms with E-state index in [2.05, 4.69) is 0 Å². The Hall–Kier alpha value is -3.55. The van der Waals surface area contributed by atoms with E-state index in [9.17, 15) is 23.6 Å². The summed E-state index contributed by atoms with van der Waals surface area (Å²) in [5.74, 6) is -2.94. The van der Waals surface area contributed by atoms with Gasteiger partial charge in [-0.15, -0.1) is 0 Å². The topological polar surface area (TPSA) is 84.0 Å². The van der Waals surface area contributed by atoms with Crippen LogP contribution >= 0.6 is 0 Å². The van der Waals surface area contributed by atoms with Crippen molar-refractivity contribution in [2.24, 2.45) is 0 Å². The molecule has 2 aromatic carbocycles. The van der Waals surface area contributed by atoms with Crippen molar-refractivity contribution in [1.29, 1.82) is 0 Å². The van der Waals surface area contributed by atoms with Crippen LogP contribution in [0, 0.1) is 5.82 Å². The second-order valence-electron chi connectivity index (χ2n) is 6.70. The molecule has 8 heteroatoms. The Labute approximate surface area is 166 Å². The average molecular weight is 398 g/mol. The second-order valence-corrected chi connectivity index (χ2v) is 6.70. The highest BCUT2D eigenvalue weighted by molar-refractivity contribution is 6.22. The van der Waals surface area contributed by atoms with Crippen molar-refractivity contribution in [3.63, 3.8) is 0 Å². The summed E-state index contributed by atoms with van der Waals surface area (Å²) in [6.07, 6.45) is -1.13. The monoisotopic (exact) mass is 398 g/mol. The van der Waals surface area contributed by atoms with Gasteiger partial charge in [0.1, 0.15) is 12.4 Å². The van der Waals surface area contributed by atoms with Crippen molar-refractivity contribution in [2.45, 2.75) is 19.6 Å². The van der Waals surface area contributed by atoms with Gasteiger partial charge in [0.15, 0.2) is 6.10 Å². The van der Waals surface area contributed by atoms with Gasteiger partial charge in [0.05, 0.1) is 11.1 Å². The number of ether oxygens (including phenoxy) is 1. The fraction of sp³-hybridized carbons (Fsp3) is 0.238. The molecule has 0 saturated heterocycles. The summed E-state index contributed by atoms with van der Waals surface area (Å²) in [5, 5.41) is 0. The molecule has 0 aliphatic carbocycles. The smallest absolute Gasteiger partial charge is 0.326 e. The highest BCUT2D eigenvalue weighted by atomic mass is 19.1. The third kappa shape index (κ3) is 4.31. The number of amides is 3. The number of benzene rings is 2. The van der Waals surface area contributed by atoms with Gasteiger partial charge in [0.2, 0.25) is 0 Å². The molecule has 0 radical (unpaired) electrons. The zero-order chi connectivity index (χ0) is 21.1. The molecular formula is C21H19FN2O5. The van der Waals surface area contributed by atoms with Crippen molar-refractivity contribution in [2.75, 3.05) is 13.6 Å². The quantitative estimate of drug-likeness (QED) is 0.549. The fourth-order valence-electron chi connectivity index (χ4n) is 3.09. The first-order valence-corrected chi connectivity index (χ1v) is 8.92. The summed E-state index contributed by atoms with van der Waals surface area (Å²) >= 11 is 0. The van der Waals surface area contributed by atoms with Crippen molar-refractivity contribution in [3.8, 4) is 0 Å². The molecule has 0 fully saturated rings. The molecule has 2 aromatic rings. The number of likely N-dealkylation sites (N-methyl/N-ethyl adjacent to an activating group) is 1. The number of esters is 1. The molecule has 1 heterocycles. The van der Waals surface area contributed by atoms with Gasteiger partial charge in [-0.25, -0.2) is 4.39 Å². The molecule has 150 valence electrons. The number of carbonyl (C=O) groups is 4. The maximum absolute atomic E-state index is 13.3. The molecule has 0 spiro atoms. The number of nitrogens with zero attached hydrogens (tertiary/aromatic N) is 2. The van der Waals surface area contributed by atoms with Crippen molar-refractivity contribution in [1.82, 2.24) is 9.80 Å². The van der Waals surface area contributed by atoms with Crippen LogP contribution in [0.25, 0.3) is 0 Å². The molecule has 0 aromatic heterocycles. The van der Waals surface area contributed by atoms with Gasteiger partial charge < -0.3 is 9.64 Å². The summed E-state index contributed by atoms with van der Waals surface area (Å²) in [4.78, 5) is 51.3. The highest BCUT2D eigenvalue weighted by Gasteiger charge is 2.37. The SMILES string of the molecule is C[C@H](OC(=O)CN1C(=O)c2ccccc2C1=O)C(=O)N(C)Cc1cccc(F)c1. The van der Waals surface area contributed by atoms with E-state index in [-0.39, 0.29) is 17.7 Å². The minimum atomic E-state index is -1.13. The minimum Gasteiger partial charge on any atom is -0.451 e. The van der Waals surface area contributed by atoms with E-state index in [1.807, 2.05) is 0 Å². The van der Waals surface area contributed by atoms with Gasteiger partial charge >= 0.3 is 5.97 Å². The first kappa shape index (κ1) is 20.2. The van der Waals surface area contributed by atoms with Crippen LogP contribution in [-0.4, -0.2) is 53.2 Å². The molecule has 1 atom stereocenters. The second kappa shape index (κ2) is 8.22. The van der Waals surface area contributed by atoms with Crippen molar-refractivity contribution < 1.29 is 28.3 Å². The normalized spacial score (nSPS) is 13.8. The average Bonchev–Trinajstić information content (AvgIpc) is 2.92. The zero-order valence-electron chi connectivity index (χ0n) is 15.9. The standard InChI is InChI=1S/C21H19FN2O5/c1-13(19(26)23(2)11-14-6-5-7-15(22)10-14)29-18(25)12-24-20(27)16-8-3-4-9-17(16)21(24)28/h3-10,13H,11-12H2,1-2H3/t13-/m0/s1. The Bertz CT molecular complexity index is 956. The van der Waals surface area contributed by atoms with E-state index in [1.54, 1.807) is 18.2 Å². The van der Waals surface area contributed by atoms with Gasteiger partial charge in [-0.05, 0) is 36.8 Å². The van der Waals surface area contributed by atoms with E-state index in [4.69, 9.17) is 4.74 Å². The Balaban J connectivity index is 1.57. The van der Waals surface area contributed by atoms with Gasteiger partial charge in [-0.3, -0.25) is 24.1 Å². The molecule has 0 bridgehead atoms. The lowest BCUT2D eigenvalue weighted by molar-refractivity contribution is -0.158. The van der Waals surface area contributed by atoms with Gasteiger partial charge in [-0.1, -0.05) is 24.3 Å². The molecule has 7 nitrogen and oxygen atoms in total. The summed E-state index contributed by atoms with van der Waals surface area (Å²) < 4.78 is 18.4. The molecule has 0 unspecified atom stereocenters. The van der Waals surface area contributed by atoms with E-state index < -0.39 is 42.2 Å². The lowest BCUT2D eigenvalue weighted by atomic mass is 10.1. The number of rotatable bonds is 6. The van der Waals surface area contributed by atoms with E-state index in [0.717, 1.165) is 4.90 Å². The van der Waals surface area contributed by atoms with Crippen LogP contribution in [0.15, 0.2) is 48.5 Å². The number of fused-ring (bicyclic) bond motifs is 1. The molecule has 1 aliphatic rings. The van der Waals surface area contributed by atoms with E-state index >= 15 is 0 Å². The number of carbonyl (C=O) groups excluding carboxylic acids is 4. The highest BCUT2D eigenvalue weighted by Crippen LogP contribution is 2.22. The van der Waals surface area contributed by atoms with Gasteiger partial charge in [0, 0.05) is 13.6 Å². The fourth-order valence-corrected chi connectivity index (χ4v) is 3.09. The zero-order valence-corrected chi connectivity index (χ0v) is 15.9. The van der Waals surface area contributed by atoms with Gasteiger partial charge in [0.25, 0.3) is 17.7 Å². The molecule has 1 aliphatic heterocycles. The molecule has 0 N–H and O–H groups in total. The Morgan fingerprint density at radius 3 is 2.28 bits per heavy atom. The summed E-state index contributed by atoms with van der Waals surface area (Å²) in [5.41, 5.74) is 1.04. The third-order valence-electron chi connectivity index (χ3n) is 4.51. The maximum atomic E-state index is 13.3. The Morgan fingerprint density at radius 1 is 1.07 bits per heavy atom. The summed E-state index contributed by atoms with van der Waals surface area (Å²) in [7, 11) is 1.50. The molecule has 29 heavy (non-hydrogen) atoms. The first-order valence-electron chi connectivity index (χ1n) is 8.92. The van der Waals surface area contributed by atoms with Gasteiger partial charge in [-0.2, -0.15) is 0 Å². The van der Waals surface area contributed by atoms with Crippen molar-refractivity contribution in [3.05, 3.63) is 71.0 Å². The Morgan fingerprint density at radius 2 is 1.69 bits per heavy atom. The van der Waals surface area contributed by atoms with Crippen LogP contribution in [0.4, 0.5) is 4.39 Å². The van der Waals surface area contributed by atoms with Crippen LogP contribution in [0.5, 0.6) is 0 Å². The minimum absolute atomic E-state index is 0.136. The maximum Gasteiger partial charge on any atom is 0.326 e. The van der Waals surface area contributed by atoms with Crippen LogP contribution in [-0.2, 0) is 20.9 Å². The van der Waals surface area contributed by atoms with E-state index in [0.29, 0.717) is 5.56 Å². The number of hydrogen-bond acceptors (Lipinski definition) is 5. The van der Waals surface area contributed by atoms with Crippen LogP contribution in [0.3, 0.4) is 0 Å². The van der Waals surface area contributed by atoms with Crippen LogP contribution in [0.1, 0.15) is 33.2 Å². The summed E-state index contributed by atoms with van der Waals surface area (Å²) in [6.45, 7) is 0.944. The lowest BCUT2D eigenvalue weighted by Gasteiger charge is -2.22. The largest absolute Gasteiger partial charge is 0.451 e. The molecular weight excluding hydrogens is 379 g/mol. The molecule has 3 amide bonds. The predicted octanol–water partition coefficient (Wildman–Crippen LogP) is 2.01. The number of halogens is 1. The molecule has 3 rings (SSSR count). The predicted molar refractivity (Wildman–Crippen MR) is 100 cm³/mol. The number of imide groups is 1. The Kier molecular flexibility index (Phi) is 5.72. The van der Waals surface area contributed by atoms with Crippen LogP contribution in [0.2, 0.25) is 0 Å². The van der Waals surface area contributed by atoms with E-state index in [1.165, 1.54) is 49.2 Å². The number of hydrogen-bond donors (Lipinski definition) is 0. The van der Waals surface area contributed by atoms with Crippen molar-refractivity contribution >= 4 is 23.7 Å². The lowest BCUT2D eigenvalue weighted by Crippen LogP contribution is -2.41. The molecule has 0 saturated carbocycles. The third-order valence-corrected chi connectivity index (χ3v) is 4.51.